The Kier molecular flexibility index (Phi) is 9.08. The van der Waals surface area contributed by atoms with Gasteiger partial charge in [0.25, 0.3) is 0 Å². The maximum absolute atomic E-state index is 10.9. The monoisotopic (exact) mass is 358 g/mol. The van der Waals surface area contributed by atoms with Crippen LogP contribution in [0.4, 0.5) is 0 Å². The van der Waals surface area contributed by atoms with E-state index in [0.29, 0.717) is 5.92 Å². The van der Waals surface area contributed by atoms with Crippen molar-refractivity contribution < 1.29 is 9.53 Å². The molecular formula is C22H34N2O2. The average Bonchev–Trinajstić information content (AvgIpc) is 3.41. The molecule has 0 aliphatic heterocycles. The first-order chi connectivity index (χ1) is 12.7. The summed E-state index contributed by atoms with van der Waals surface area (Å²) in [7, 11) is 3.38. The standard InChI is InChI=1S/C9H9NO.C7H13NO.C6H12/c1-11-8-2-3-9-7(6-8)4-5-10-9;1-8-7(9)6-4-2-3-5-6;1-2-4-6-5-3-1/h2-6,10H,1H3;6H,2-5H2,1H3,(H,8,9);1-6H2. The molecule has 1 amide bonds. The van der Waals surface area contributed by atoms with E-state index in [-0.39, 0.29) is 5.91 Å². The summed E-state index contributed by atoms with van der Waals surface area (Å²) in [5.41, 5.74) is 1.14. The molecule has 2 N–H and O–H groups in total. The molecular weight excluding hydrogens is 324 g/mol. The van der Waals surface area contributed by atoms with E-state index >= 15 is 0 Å². The van der Waals surface area contributed by atoms with Crippen molar-refractivity contribution in [2.45, 2.75) is 64.2 Å². The van der Waals surface area contributed by atoms with Crippen molar-refractivity contribution in [2.75, 3.05) is 14.2 Å². The van der Waals surface area contributed by atoms with E-state index in [1.165, 1.54) is 56.8 Å². The highest BCUT2D eigenvalue weighted by molar-refractivity contribution is 5.80. The molecule has 2 aliphatic rings. The molecule has 1 aromatic carbocycles. The average molecular weight is 359 g/mol. The number of benzene rings is 1. The summed E-state index contributed by atoms with van der Waals surface area (Å²) >= 11 is 0. The Balaban J connectivity index is 0.000000147. The van der Waals surface area contributed by atoms with Crippen LogP contribution in [0.3, 0.4) is 0 Å². The summed E-state index contributed by atoms with van der Waals surface area (Å²) < 4.78 is 5.08. The van der Waals surface area contributed by atoms with Gasteiger partial charge < -0.3 is 15.0 Å². The van der Waals surface area contributed by atoms with Crippen LogP contribution < -0.4 is 10.1 Å². The number of hydrogen-bond donors (Lipinski definition) is 2. The lowest BCUT2D eigenvalue weighted by atomic mass is 10.0. The number of amides is 1. The first kappa shape index (κ1) is 20.3. The number of hydrogen-bond acceptors (Lipinski definition) is 2. The second-order valence-corrected chi connectivity index (χ2v) is 7.15. The van der Waals surface area contributed by atoms with Crippen LogP contribution in [0.5, 0.6) is 5.75 Å². The fourth-order valence-corrected chi connectivity index (χ4v) is 3.61. The fourth-order valence-electron chi connectivity index (χ4n) is 3.61. The molecule has 2 aromatic rings. The Morgan fingerprint density at radius 1 is 1.00 bits per heavy atom. The fraction of sp³-hybridized carbons (Fsp3) is 0.591. The van der Waals surface area contributed by atoms with Gasteiger partial charge in [0.2, 0.25) is 5.91 Å². The van der Waals surface area contributed by atoms with E-state index < -0.39 is 0 Å². The van der Waals surface area contributed by atoms with E-state index in [2.05, 4.69) is 10.3 Å². The first-order valence-corrected chi connectivity index (χ1v) is 10.1. The summed E-state index contributed by atoms with van der Waals surface area (Å²) in [6, 6.07) is 7.98. The van der Waals surface area contributed by atoms with Crippen LogP contribution in [0.1, 0.15) is 64.2 Å². The maximum Gasteiger partial charge on any atom is 0.222 e. The zero-order chi connectivity index (χ0) is 18.6. The van der Waals surface area contributed by atoms with Crippen molar-refractivity contribution in [1.29, 1.82) is 0 Å². The lowest BCUT2D eigenvalue weighted by Gasteiger charge is -2.05. The van der Waals surface area contributed by atoms with Gasteiger partial charge in [0.1, 0.15) is 5.75 Å². The normalized spacial score (nSPS) is 16.8. The van der Waals surface area contributed by atoms with Gasteiger partial charge in [-0.25, -0.2) is 0 Å². The van der Waals surface area contributed by atoms with E-state index in [1.807, 2.05) is 30.5 Å². The highest BCUT2D eigenvalue weighted by atomic mass is 16.5. The van der Waals surface area contributed by atoms with Crippen molar-refractivity contribution in [3.63, 3.8) is 0 Å². The molecule has 0 saturated heterocycles. The third kappa shape index (κ3) is 6.74. The van der Waals surface area contributed by atoms with Gasteiger partial charge in [0.05, 0.1) is 7.11 Å². The zero-order valence-electron chi connectivity index (χ0n) is 16.4. The Morgan fingerprint density at radius 2 is 1.62 bits per heavy atom. The number of nitrogens with one attached hydrogen (secondary N) is 2. The number of carbonyl (C=O) groups excluding carboxylic acids is 1. The quantitative estimate of drug-likeness (QED) is 0.751. The molecule has 4 nitrogen and oxygen atoms in total. The molecule has 4 heteroatoms. The number of ether oxygens (including phenoxy) is 1. The third-order valence-electron chi connectivity index (χ3n) is 5.23. The second kappa shape index (κ2) is 11.6. The number of carbonyl (C=O) groups is 1. The molecule has 0 unspecified atom stereocenters. The molecule has 4 rings (SSSR count). The van der Waals surface area contributed by atoms with Crippen LogP contribution in [0.2, 0.25) is 0 Å². The van der Waals surface area contributed by atoms with Crippen molar-refractivity contribution in [3.8, 4) is 5.75 Å². The maximum atomic E-state index is 10.9. The minimum Gasteiger partial charge on any atom is -0.497 e. The van der Waals surface area contributed by atoms with E-state index in [9.17, 15) is 4.79 Å². The number of methoxy groups -OCH3 is 1. The second-order valence-electron chi connectivity index (χ2n) is 7.15. The van der Waals surface area contributed by atoms with Crippen LogP contribution in [-0.2, 0) is 4.79 Å². The van der Waals surface area contributed by atoms with Crippen molar-refractivity contribution in [3.05, 3.63) is 30.5 Å². The Bertz CT molecular complexity index is 629. The van der Waals surface area contributed by atoms with Gasteiger partial charge in [0.15, 0.2) is 0 Å². The highest BCUT2D eigenvalue weighted by Crippen LogP contribution is 2.24. The van der Waals surface area contributed by atoms with Gasteiger partial charge >= 0.3 is 0 Å². The van der Waals surface area contributed by atoms with Gasteiger partial charge in [-0.2, -0.15) is 0 Å². The lowest BCUT2D eigenvalue weighted by molar-refractivity contribution is -0.124. The molecule has 0 atom stereocenters. The number of H-pyrrole nitrogens is 1. The van der Waals surface area contributed by atoms with E-state index in [4.69, 9.17) is 4.74 Å². The molecule has 0 bridgehead atoms. The third-order valence-corrected chi connectivity index (χ3v) is 5.23. The van der Waals surface area contributed by atoms with Gasteiger partial charge in [-0.15, -0.1) is 0 Å². The van der Waals surface area contributed by atoms with Crippen LogP contribution in [0.25, 0.3) is 10.9 Å². The molecule has 1 heterocycles. The summed E-state index contributed by atoms with van der Waals surface area (Å²) in [4.78, 5) is 14.0. The van der Waals surface area contributed by atoms with Crippen LogP contribution in [-0.4, -0.2) is 25.0 Å². The molecule has 26 heavy (non-hydrogen) atoms. The van der Waals surface area contributed by atoms with Crippen LogP contribution >= 0.6 is 0 Å². The lowest BCUT2D eigenvalue weighted by Crippen LogP contribution is -2.25. The van der Waals surface area contributed by atoms with Gasteiger partial charge in [-0.05, 0) is 37.1 Å². The predicted molar refractivity (Wildman–Crippen MR) is 109 cm³/mol. The SMILES string of the molecule is C1CCCCC1.CNC(=O)C1CCCC1.COc1ccc2[nH]ccc2c1. The molecule has 2 aliphatic carbocycles. The molecule has 1 aromatic heterocycles. The highest BCUT2D eigenvalue weighted by Gasteiger charge is 2.20. The van der Waals surface area contributed by atoms with Crippen molar-refractivity contribution in [1.82, 2.24) is 10.3 Å². The predicted octanol–water partition coefficient (Wildman–Crippen LogP) is 5.44. The van der Waals surface area contributed by atoms with Gasteiger partial charge in [-0.1, -0.05) is 51.4 Å². The van der Waals surface area contributed by atoms with Crippen molar-refractivity contribution >= 4 is 16.8 Å². The van der Waals surface area contributed by atoms with Gasteiger partial charge in [-0.3, -0.25) is 4.79 Å². The minimum atomic E-state index is 0.229. The van der Waals surface area contributed by atoms with E-state index in [0.717, 1.165) is 24.1 Å². The Morgan fingerprint density at radius 3 is 2.15 bits per heavy atom. The summed E-state index contributed by atoms with van der Waals surface area (Å²) in [6.07, 6.45) is 15.6. The number of aromatic amines is 1. The summed E-state index contributed by atoms with van der Waals surface area (Å²) in [5.74, 6) is 1.46. The zero-order valence-corrected chi connectivity index (χ0v) is 16.4. The van der Waals surface area contributed by atoms with E-state index in [1.54, 1.807) is 14.2 Å². The smallest absolute Gasteiger partial charge is 0.222 e. The minimum absolute atomic E-state index is 0.229. The number of rotatable bonds is 2. The van der Waals surface area contributed by atoms with Crippen LogP contribution in [0.15, 0.2) is 30.5 Å². The summed E-state index contributed by atoms with van der Waals surface area (Å²) in [5, 5.41) is 3.85. The van der Waals surface area contributed by atoms with Crippen LogP contribution in [0, 0.1) is 5.92 Å². The topological polar surface area (TPSA) is 54.1 Å². The first-order valence-electron chi connectivity index (χ1n) is 10.1. The molecule has 144 valence electrons. The van der Waals surface area contributed by atoms with Gasteiger partial charge in [0, 0.05) is 30.1 Å². The number of aromatic nitrogens is 1. The molecule has 0 radical (unpaired) electrons. The molecule has 2 fully saturated rings. The Labute approximate surface area is 157 Å². The van der Waals surface area contributed by atoms with Crippen molar-refractivity contribution in [2.24, 2.45) is 5.92 Å². The largest absolute Gasteiger partial charge is 0.497 e. The summed E-state index contributed by atoms with van der Waals surface area (Å²) in [6.45, 7) is 0. The Hall–Kier alpha value is -1.97. The molecule has 0 spiro atoms. The molecule has 2 saturated carbocycles. The number of fused-ring (bicyclic) bond motifs is 1.